The number of aromatic nitrogens is 2. The van der Waals surface area contributed by atoms with Crippen molar-refractivity contribution in [2.75, 3.05) is 6.61 Å². The van der Waals surface area contributed by atoms with Gasteiger partial charge in [-0.25, -0.2) is 5.84 Å². The average molecular weight is 272 g/mol. The summed E-state index contributed by atoms with van der Waals surface area (Å²) < 4.78 is 5.52. The zero-order valence-corrected chi connectivity index (χ0v) is 11.0. The van der Waals surface area contributed by atoms with E-state index in [2.05, 4.69) is 15.4 Å². The second-order valence-corrected chi connectivity index (χ2v) is 4.14. The highest BCUT2D eigenvalue weighted by atomic mass is 16.5. The molecule has 0 aliphatic heterocycles. The molecule has 3 N–H and O–H groups in total. The molecule has 6 heteroatoms. The molecule has 2 rings (SSSR count). The highest BCUT2D eigenvalue weighted by molar-refractivity contribution is 5.93. The second-order valence-electron chi connectivity index (χ2n) is 4.14. The van der Waals surface area contributed by atoms with Crippen LogP contribution in [0.15, 0.2) is 42.7 Å². The van der Waals surface area contributed by atoms with E-state index in [9.17, 15) is 4.79 Å². The Morgan fingerprint density at radius 3 is 2.75 bits per heavy atom. The molecule has 104 valence electrons. The summed E-state index contributed by atoms with van der Waals surface area (Å²) in [7, 11) is 0. The molecule has 0 unspecified atom stereocenters. The van der Waals surface area contributed by atoms with Gasteiger partial charge in [-0.3, -0.25) is 20.2 Å². The lowest BCUT2D eigenvalue weighted by molar-refractivity contribution is 0.0952. The van der Waals surface area contributed by atoms with Crippen molar-refractivity contribution in [1.82, 2.24) is 15.4 Å². The quantitative estimate of drug-likeness (QED) is 0.352. The van der Waals surface area contributed by atoms with E-state index < -0.39 is 0 Å². The SMILES string of the molecule is NNC(=O)c1ccc(COCCc2ccccn2)nc1. The largest absolute Gasteiger partial charge is 0.375 e. The van der Waals surface area contributed by atoms with Gasteiger partial charge in [0.05, 0.1) is 24.5 Å². The number of nitrogens with two attached hydrogens (primary N) is 1. The highest BCUT2D eigenvalue weighted by Gasteiger charge is 2.03. The summed E-state index contributed by atoms with van der Waals surface area (Å²) in [5, 5.41) is 0. The first-order valence-corrected chi connectivity index (χ1v) is 6.23. The number of carbonyl (C=O) groups is 1. The van der Waals surface area contributed by atoms with Crippen LogP contribution in [-0.4, -0.2) is 22.5 Å². The van der Waals surface area contributed by atoms with Gasteiger partial charge in [0, 0.05) is 24.5 Å². The maximum Gasteiger partial charge on any atom is 0.266 e. The Balaban J connectivity index is 1.75. The molecule has 0 bridgehead atoms. The van der Waals surface area contributed by atoms with E-state index in [1.165, 1.54) is 6.20 Å². The minimum Gasteiger partial charge on any atom is -0.375 e. The number of hydrogen-bond donors (Lipinski definition) is 2. The molecule has 1 amide bonds. The molecule has 0 aromatic carbocycles. The Labute approximate surface area is 117 Å². The van der Waals surface area contributed by atoms with Crippen molar-refractivity contribution < 1.29 is 9.53 Å². The van der Waals surface area contributed by atoms with E-state index in [1.807, 2.05) is 18.2 Å². The molecule has 20 heavy (non-hydrogen) atoms. The van der Waals surface area contributed by atoms with Crippen molar-refractivity contribution in [3.8, 4) is 0 Å². The molecular weight excluding hydrogens is 256 g/mol. The van der Waals surface area contributed by atoms with Crippen LogP contribution < -0.4 is 11.3 Å². The Kier molecular flexibility index (Phi) is 5.16. The van der Waals surface area contributed by atoms with Gasteiger partial charge in [0.25, 0.3) is 5.91 Å². The molecular formula is C14H16N4O2. The molecule has 2 aromatic rings. The summed E-state index contributed by atoms with van der Waals surface area (Å²) in [6.45, 7) is 0.973. The maximum absolute atomic E-state index is 11.2. The van der Waals surface area contributed by atoms with Gasteiger partial charge in [-0.15, -0.1) is 0 Å². The predicted molar refractivity (Wildman–Crippen MR) is 73.5 cm³/mol. The number of pyridine rings is 2. The molecule has 0 aliphatic rings. The highest BCUT2D eigenvalue weighted by Crippen LogP contribution is 2.02. The van der Waals surface area contributed by atoms with Gasteiger partial charge in [0.2, 0.25) is 0 Å². The predicted octanol–water partition coefficient (Wildman–Crippen LogP) is 0.839. The molecule has 0 saturated heterocycles. The standard InChI is InChI=1S/C14H16N4O2/c15-18-14(19)11-4-5-13(17-9-11)10-20-8-6-12-3-1-2-7-16-12/h1-5,7,9H,6,8,10,15H2,(H,18,19). The first kappa shape index (κ1) is 14.1. The third-order valence-electron chi connectivity index (χ3n) is 2.70. The van der Waals surface area contributed by atoms with Gasteiger partial charge in [-0.05, 0) is 24.3 Å². The molecule has 2 aromatic heterocycles. The number of nitrogens with one attached hydrogen (secondary N) is 1. The smallest absolute Gasteiger partial charge is 0.266 e. The lowest BCUT2D eigenvalue weighted by Crippen LogP contribution is -2.30. The summed E-state index contributed by atoms with van der Waals surface area (Å²) in [6, 6.07) is 9.19. The minimum atomic E-state index is -0.361. The van der Waals surface area contributed by atoms with Gasteiger partial charge in [0.1, 0.15) is 0 Å². The van der Waals surface area contributed by atoms with Crippen LogP contribution in [0.1, 0.15) is 21.7 Å². The first-order chi connectivity index (χ1) is 9.79. The number of rotatable bonds is 6. The topological polar surface area (TPSA) is 90.1 Å². The Morgan fingerprint density at radius 1 is 1.20 bits per heavy atom. The molecule has 0 spiro atoms. The lowest BCUT2D eigenvalue weighted by atomic mass is 10.2. The number of hydrazine groups is 1. The van der Waals surface area contributed by atoms with Gasteiger partial charge in [0.15, 0.2) is 0 Å². The number of nitrogen functional groups attached to an aromatic ring is 1. The summed E-state index contributed by atoms with van der Waals surface area (Å²) in [5.74, 6) is 4.68. The monoisotopic (exact) mass is 272 g/mol. The van der Waals surface area contributed by atoms with Crippen LogP contribution in [0.5, 0.6) is 0 Å². The maximum atomic E-state index is 11.2. The third-order valence-corrected chi connectivity index (χ3v) is 2.70. The van der Waals surface area contributed by atoms with Crippen LogP contribution in [-0.2, 0) is 17.8 Å². The third kappa shape index (κ3) is 4.11. The van der Waals surface area contributed by atoms with Crippen LogP contribution in [0.3, 0.4) is 0 Å². The Bertz CT molecular complexity index is 543. The van der Waals surface area contributed by atoms with Crippen molar-refractivity contribution in [1.29, 1.82) is 0 Å². The van der Waals surface area contributed by atoms with Gasteiger partial charge in [-0.2, -0.15) is 0 Å². The van der Waals surface area contributed by atoms with Crippen LogP contribution >= 0.6 is 0 Å². The number of carbonyl (C=O) groups excluding carboxylic acids is 1. The average Bonchev–Trinajstić information content (AvgIpc) is 2.52. The van der Waals surface area contributed by atoms with Gasteiger partial charge >= 0.3 is 0 Å². The second kappa shape index (κ2) is 7.32. The van der Waals surface area contributed by atoms with Crippen molar-refractivity contribution in [3.63, 3.8) is 0 Å². The van der Waals surface area contributed by atoms with Crippen LogP contribution in [0.4, 0.5) is 0 Å². The van der Waals surface area contributed by atoms with E-state index >= 15 is 0 Å². The lowest BCUT2D eigenvalue weighted by Gasteiger charge is -2.04. The number of amides is 1. The fraction of sp³-hybridized carbons (Fsp3) is 0.214. The van der Waals surface area contributed by atoms with Crippen molar-refractivity contribution in [2.45, 2.75) is 13.0 Å². The number of hydrogen-bond acceptors (Lipinski definition) is 5. The fourth-order valence-corrected chi connectivity index (χ4v) is 1.63. The van der Waals surface area contributed by atoms with Gasteiger partial charge in [-0.1, -0.05) is 6.07 Å². The molecule has 0 aliphatic carbocycles. The van der Waals surface area contributed by atoms with E-state index in [4.69, 9.17) is 10.6 Å². The molecule has 0 fully saturated rings. The Morgan fingerprint density at radius 2 is 2.10 bits per heavy atom. The van der Waals surface area contributed by atoms with E-state index in [1.54, 1.807) is 18.3 Å². The van der Waals surface area contributed by atoms with Crippen LogP contribution in [0, 0.1) is 0 Å². The number of ether oxygens (including phenoxy) is 1. The summed E-state index contributed by atoms with van der Waals surface area (Å²) in [5.41, 5.74) is 4.23. The van der Waals surface area contributed by atoms with Gasteiger partial charge < -0.3 is 4.74 Å². The molecule has 0 atom stereocenters. The fourth-order valence-electron chi connectivity index (χ4n) is 1.63. The molecule has 6 nitrogen and oxygen atoms in total. The summed E-state index contributed by atoms with van der Waals surface area (Å²) >= 11 is 0. The van der Waals surface area contributed by atoms with Crippen molar-refractivity contribution in [3.05, 3.63) is 59.7 Å². The first-order valence-electron chi connectivity index (χ1n) is 6.23. The molecule has 2 heterocycles. The van der Waals surface area contributed by atoms with Crippen LogP contribution in [0.25, 0.3) is 0 Å². The van der Waals surface area contributed by atoms with Crippen molar-refractivity contribution >= 4 is 5.91 Å². The van der Waals surface area contributed by atoms with Crippen molar-refractivity contribution in [2.24, 2.45) is 5.84 Å². The Hall–Kier alpha value is -2.31. The van der Waals surface area contributed by atoms with E-state index in [0.29, 0.717) is 18.8 Å². The minimum absolute atomic E-state index is 0.361. The zero-order valence-electron chi connectivity index (χ0n) is 11.0. The number of nitrogens with zero attached hydrogens (tertiary/aromatic N) is 2. The molecule has 0 saturated carbocycles. The van der Waals surface area contributed by atoms with Crippen LogP contribution in [0.2, 0.25) is 0 Å². The van der Waals surface area contributed by atoms with E-state index in [0.717, 1.165) is 17.8 Å². The summed E-state index contributed by atoms with van der Waals surface area (Å²) in [4.78, 5) is 19.6. The molecule has 0 radical (unpaired) electrons. The zero-order chi connectivity index (χ0) is 14.2. The van der Waals surface area contributed by atoms with E-state index in [-0.39, 0.29) is 5.91 Å². The summed E-state index contributed by atoms with van der Waals surface area (Å²) in [6.07, 6.45) is 3.99. The normalized spacial score (nSPS) is 10.2.